The van der Waals surface area contributed by atoms with E-state index in [4.69, 9.17) is 0 Å². The van der Waals surface area contributed by atoms with Crippen molar-refractivity contribution in [3.63, 3.8) is 0 Å². The number of aromatic nitrogens is 3. The number of nitrogens with one attached hydrogen (secondary N) is 1. The lowest BCUT2D eigenvalue weighted by atomic mass is 10.0. The van der Waals surface area contributed by atoms with Gasteiger partial charge in [0.25, 0.3) is 0 Å². The lowest BCUT2D eigenvalue weighted by Gasteiger charge is -2.25. The van der Waals surface area contributed by atoms with Gasteiger partial charge in [0.1, 0.15) is 5.82 Å². The van der Waals surface area contributed by atoms with E-state index in [9.17, 15) is 23.1 Å². The molecule has 9 heteroatoms. The Morgan fingerprint density at radius 3 is 2.56 bits per heavy atom. The highest BCUT2D eigenvalue weighted by Gasteiger charge is 2.50. The highest BCUT2D eigenvalue weighted by molar-refractivity contribution is 5.91. The molecule has 0 saturated heterocycles. The number of nitrogens with zero attached hydrogens (tertiary/aromatic N) is 3. The maximum absolute atomic E-state index is 12.7. The average molecular weight is 382 g/mol. The number of anilines is 1. The van der Waals surface area contributed by atoms with Crippen molar-refractivity contribution in [2.45, 2.75) is 57.3 Å². The van der Waals surface area contributed by atoms with Gasteiger partial charge in [0.05, 0.1) is 6.42 Å². The highest BCUT2D eigenvalue weighted by Crippen LogP contribution is 2.33. The third-order valence-electron chi connectivity index (χ3n) is 4.65. The van der Waals surface area contributed by atoms with Crippen molar-refractivity contribution in [2.75, 3.05) is 5.32 Å². The summed E-state index contributed by atoms with van der Waals surface area (Å²) in [6.45, 7) is 1.43. The van der Waals surface area contributed by atoms with Crippen LogP contribution in [0.3, 0.4) is 0 Å². The molecule has 0 unspecified atom stereocenters. The Labute approximate surface area is 154 Å². The number of hydrogen-bond donors (Lipinski definition) is 2. The van der Waals surface area contributed by atoms with Gasteiger partial charge in [-0.25, -0.2) is 0 Å². The molecule has 0 spiro atoms. The van der Waals surface area contributed by atoms with Gasteiger partial charge in [-0.1, -0.05) is 6.42 Å². The first-order valence-electron chi connectivity index (χ1n) is 8.79. The standard InChI is InChI=1S/C18H21F3N4O2/c1-17(27,18(19,20)21)11-15(26)22-13-8-6-12(7-9-13)16-24-23-14-5-3-2-4-10-25(14)16/h6-9,27H,2-5,10-11H2,1H3,(H,22,26)/t17-/m1/s1. The summed E-state index contributed by atoms with van der Waals surface area (Å²) < 4.78 is 40.1. The molecular weight excluding hydrogens is 361 g/mol. The van der Waals surface area contributed by atoms with Crippen LogP contribution in [0.5, 0.6) is 0 Å². The van der Waals surface area contributed by atoms with Crippen molar-refractivity contribution < 1.29 is 23.1 Å². The van der Waals surface area contributed by atoms with Gasteiger partial charge < -0.3 is 15.0 Å². The number of hydrogen-bond acceptors (Lipinski definition) is 4. The number of aliphatic hydroxyl groups is 1. The molecule has 0 radical (unpaired) electrons. The van der Waals surface area contributed by atoms with Gasteiger partial charge in [0.2, 0.25) is 5.91 Å². The van der Waals surface area contributed by atoms with Crippen LogP contribution in [0.25, 0.3) is 11.4 Å². The molecule has 2 heterocycles. The van der Waals surface area contributed by atoms with E-state index >= 15 is 0 Å². The number of amides is 1. The lowest BCUT2D eigenvalue weighted by molar-refractivity contribution is -0.252. The van der Waals surface area contributed by atoms with Crippen LogP contribution in [0, 0.1) is 0 Å². The maximum Gasteiger partial charge on any atom is 0.417 e. The van der Waals surface area contributed by atoms with E-state index in [-0.39, 0.29) is 0 Å². The van der Waals surface area contributed by atoms with Crippen molar-refractivity contribution >= 4 is 11.6 Å². The normalized spacial score (nSPS) is 16.9. The molecule has 1 atom stereocenters. The Morgan fingerprint density at radius 2 is 1.89 bits per heavy atom. The van der Waals surface area contributed by atoms with Crippen LogP contribution in [0.2, 0.25) is 0 Å². The summed E-state index contributed by atoms with van der Waals surface area (Å²) in [4.78, 5) is 11.8. The first kappa shape index (κ1) is 19.3. The largest absolute Gasteiger partial charge is 0.417 e. The Balaban J connectivity index is 1.70. The Kier molecular flexibility index (Phi) is 5.23. The fourth-order valence-corrected chi connectivity index (χ4v) is 3.02. The van der Waals surface area contributed by atoms with Crippen LogP contribution in [0.4, 0.5) is 18.9 Å². The summed E-state index contributed by atoms with van der Waals surface area (Å²) in [5.74, 6) is 0.778. The van der Waals surface area contributed by atoms with E-state index < -0.39 is 24.1 Å². The second kappa shape index (κ2) is 7.30. The molecule has 1 aromatic carbocycles. The van der Waals surface area contributed by atoms with Gasteiger partial charge in [0.15, 0.2) is 11.4 Å². The summed E-state index contributed by atoms with van der Waals surface area (Å²) in [5.41, 5.74) is -1.91. The number of carbonyl (C=O) groups is 1. The maximum atomic E-state index is 12.7. The Hall–Kier alpha value is -2.42. The van der Waals surface area contributed by atoms with Crippen LogP contribution in [0.1, 0.15) is 38.4 Å². The molecule has 1 aliphatic heterocycles. The Bertz CT molecular complexity index is 813. The average Bonchev–Trinajstić information content (AvgIpc) is 2.82. The zero-order valence-corrected chi connectivity index (χ0v) is 14.9. The summed E-state index contributed by atoms with van der Waals surface area (Å²) in [6.07, 6.45) is -1.76. The van der Waals surface area contributed by atoms with E-state index in [1.165, 1.54) is 0 Å². The molecule has 2 aromatic rings. The second-order valence-corrected chi connectivity index (χ2v) is 6.98. The molecule has 0 aliphatic carbocycles. The van der Waals surface area contributed by atoms with Crippen LogP contribution >= 0.6 is 0 Å². The van der Waals surface area contributed by atoms with E-state index in [1.807, 2.05) is 0 Å². The number of halogens is 3. The summed E-state index contributed by atoms with van der Waals surface area (Å²) >= 11 is 0. The van der Waals surface area contributed by atoms with Crippen LogP contribution < -0.4 is 5.32 Å². The molecule has 6 nitrogen and oxygen atoms in total. The van der Waals surface area contributed by atoms with Crippen molar-refractivity contribution in [1.82, 2.24) is 14.8 Å². The van der Waals surface area contributed by atoms with Crippen molar-refractivity contribution in [3.8, 4) is 11.4 Å². The van der Waals surface area contributed by atoms with E-state index in [0.29, 0.717) is 12.6 Å². The van der Waals surface area contributed by atoms with Gasteiger partial charge in [0, 0.05) is 24.2 Å². The van der Waals surface area contributed by atoms with Crippen LogP contribution in [-0.4, -0.2) is 37.6 Å². The van der Waals surface area contributed by atoms with Gasteiger partial charge in [-0.2, -0.15) is 13.2 Å². The third-order valence-corrected chi connectivity index (χ3v) is 4.65. The smallest absolute Gasteiger partial charge is 0.380 e. The van der Waals surface area contributed by atoms with E-state index in [2.05, 4.69) is 20.1 Å². The number of fused-ring (bicyclic) bond motifs is 1. The minimum absolute atomic E-state index is 0.345. The molecule has 2 N–H and O–H groups in total. The summed E-state index contributed by atoms with van der Waals surface area (Å²) in [7, 11) is 0. The predicted molar refractivity (Wildman–Crippen MR) is 92.9 cm³/mol. The molecular formula is C18H21F3N4O2. The zero-order chi connectivity index (χ0) is 19.7. The number of aryl methyl sites for hydroxylation is 1. The van der Waals surface area contributed by atoms with Gasteiger partial charge in [-0.3, -0.25) is 4.79 Å². The second-order valence-electron chi connectivity index (χ2n) is 6.98. The summed E-state index contributed by atoms with van der Waals surface area (Å²) in [5, 5.41) is 20.3. The van der Waals surface area contributed by atoms with Crippen molar-refractivity contribution in [1.29, 1.82) is 0 Å². The molecule has 0 bridgehead atoms. The molecule has 1 amide bonds. The van der Waals surface area contributed by atoms with Crippen molar-refractivity contribution in [2.24, 2.45) is 0 Å². The van der Waals surface area contributed by atoms with Crippen LogP contribution in [0.15, 0.2) is 24.3 Å². The van der Waals surface area contributed by atoms with E-state index in [0.717, 1.165) is 49.4 Å². The Morgan fingerprint density at radius 1 is 1.19 bits per heavy atom. The van der Waals surface area contributed by atoms with Crippen molar-refractivity contribution in [3.05, 3.63) is 30.1 Å². The molecule has 0 fully saturated rings. The highest BCUT2D eigenvalue weighted by atomic mass is 19.4. The monoisotopic (exact) mass is 382 g/mol. The number of carbonyl (C=O) groups excluding carboxylic acids is 1. The molecule has 1 aliphatic rings. The van der Waals surface area contributed by atoms with E-state index in [1.54, 1.807) is 24.3 Å². The lowest BCUT2D eigenvalue weighted by Crippen LogP contribution is -2.44. The topological polar surface area (TPSA) is 80.0 Å². The first-order chi connectivity index (χ1) is 12.7. The number of benzene rings is 1. The quantitative estimate of drug-likeness (QED) is 0.850. The van der Waals surface area contributed by atoms with Gasteiger partial charge in [-0.15, -0.1) is 10.2 Å². The summed E-state index contributed by atoms with van der Waals surface area (Å²) in [6, 6.07) is 6.65. The fourth-order valence-electron chi connectivity index (χ4n) is 3.02. The first-order valence-corrected chi connectivity index (χ1v) is 8.79. The van der Waals surface area contributed by atoms with Gasteiger partial charge >= 0.3 is 6.18 Å². The third kappa shape index (κ3) is 4.29. The fraction of sp³-hybridized carbons (Fsp3) is 0.500. The minimum Gasteiger partial charge on any atom is -0.380 e. The van der Waals surface area contributed by atoms with Crippen LogP contribution in [-0.2, 0) is 17.8 Å². The predicted octanol–water partition coefficient (Wildman–Crippen LogP) is 3.31. The SMILES string of the molecule is C[C@@](O)(CC(=O)Nc1ccc(-c2nnc3n2CCCCC3)cc1)C(F)(F)F. The van der Waals surface area contributed by atoms with Gasteiger partial charge in [-0.05, 0) is 44.0 Å². The number of rotatable bonds is 4. The minimum atomic E-state index is -4.88. The molecule has 1 aromatic heterocycles. The molecule has 0 saturated carbocycles. The number of alkyl halides is 3. The molecule has 146 valence electrons. The zero-order valence-electron chi connectivity index (χ0n) is 14.9. The molecule has 27 heavy (non-hydrogen) atoms. The molecule has 3 rings (SSSR count).